The number of rotatable bonds is 1. The smallest absolute Gasteiger partial charge is 0.0824 e. The van der Waals surface area contributed by atoms with Gasteiger partial charge in [0.15, 0.2) is 0 Å². The standard InChI is InChI=1S/C13H27NO2/c1-9-11(14(6)7)13(5,15)8-10(16-9)12(2,3)4/h9-11,15H,8H2,1-7H3/t9-,10+,11?,13-/m0/s1. The maximum atomic E-state index is 10.6. The molecule has 16 heavy (non-hydrogen) atoms. The summed E-state index contributed by atoms with van der Waals surface area (Å²) in [5.41, 5.74) is -0.603. The average Bonchev–Trinajstić information content (AvgIpc) is 1.97. The third-order valence-electron chi connectivity index (χ3n) is 3.58. The van der Waals surface area contributed by atoms with E-state index >= 15 is 0 Å². The molecule has 0 spiro atoms. The topological polar surface area (TPSA) is 32.7 Å². The van der Waals surface area contributed by atoms with E-state index in [1.807, 2.05) is 21.0 Å². The monoisotopic (exact) mass is 229 g/mol. The number of ether oxygens (including phenoxy) is 1. The lowest BCUT2D eigenvalue weighted by Crippen LogP contribution is -2.62. The molecule has 1 heterocycles. The number of nitrogens with zero attached hydrogens (tertiary/aromatic N) is 1. The summed E-state index contributed by atoms with van der Waals surface area (Å²) in [6.07, 6.45) is 0.876. The fraction of sp³-hybridized carbons (Fsp3) is 1.00. The maximum absolute atomic E-state index is 10.6. The third-order valence-corrected chi connectivity index (χ3v) is 3.58. The predicted octanol–water partition coefficient (Wildman–Crippen LogP) is 1.89. The second-order valence-corrected chi connectivity index (χ2v) is 6.67. The fourth-order valence-corrected chi connectivity index (χ4v) is 2.87. The lowest BCUT2D eigenvalue weighted by molar-refractivity contribution is -0.199. The minimum atomic E-state index is -0.681. The SMILES string of the molecule is C[C@@H]1O[C@@H](C(C)(C)C)C[C@](C)(O)C1N(C)C. The van der Waals surface area contributed by atoms with E-state index in [-0.39, 0.29) is 23.7 Å². The summed E-state index contributed by atoms with van der Waals surface area (Å²) >= 11 is 0. The highest BCUT2D eigenvalue weighted by atomic mass is 16.5. The number of hydrogen-bond donors (Lipinski definition) is 1. The molecule has 1 aliphatic heterocycles. The van der Waals surface area contributed by atoms with Crippen LogP contribution in [0.2, 0.25) is 0 Å². The molecule has 3 heteroatoms. The lowest BCUT2D eigenvalue weighted by atomic mass is 9.75. The first-order chi connectivity index (χ1) is 7.05. The van der Waals surface area contributed by atoms with Crippen molar-refractivity contribution >= 4 is 0 Å². The molecule has 0 aromatic rings. The quantitative estimate of drug-likeness (QED) is 0.745. The van der Waals surface area contributed by atoms with Crippen LogP contribution in [0, 0.1) is 5.41 Å². The Hall–Kier alpha value is -0.120. The summed E-state index contributed by atoms with van der Waals surface area (Å²) in [6, 6.07) is 0.0612. The van der Waals surface area contributed by atoms with Gasteiger partial charge in [0.25, 0.3) is 0 Å². The van der Waals surface area contributed by atoms with Crippen molar-refractivity contribution in [1.29, 1.82) is 0 Å². The van der Waals surface area contributed by atoms with Crippen molar-refractivity contribution in [2.75, 3.05) is 14.1 Å². The first kappa shape index (κ1) is 13.9. The number of hydrogen-bond acceptors (Lipinski definition) is 3. The zero-order valence-electron chi connectivity index (χ0n) is 11.7. The summed E-state index contributed by atoms with van der Waals surface area (Å²) in [4.78, 5) is 2.06. The summed E-state index contributed by atoms with van der Waals surface area (Å²) < 4.78 is 6.06. The lowest BCUT2D eigenvalue weighted by Gasteiger charge is -2.50. The van der Waals surface area contributed by atoms with Crippen molar-refractivity contribution in [3.05, 3.63) is 0 Å². The average molecular weight is 229 g/mol. The highest BCUT2D eigenvalue weighted by Crippen LogP contribution is 2.38. The molecule has 0 bridgehead atoms. The molecule has 0 aromatic heterocycles. The molecule has 0 aliphatic carbocycles. The van der Waals surface area contributed by atoms with Crippen LogP contribution in [0.15, 0.2) is 0 Å². The van der Waals surface area contributed by atoms with Gasteiger partial charge in [0.1, 0.15) is 0 Å². The van der Waals surface area contributed by atoms with Gasteiger partial charge in [-0.15, -0.1) is 0 Å². The van der Waals surface area contributed by atoms with Gasteiger partial charge in [-0.2, -0.15) is 0 Å². The van der Waals surface area contributed by atoms with E-state index in [4.69, 9.17) is 4.74 Å². The Bertz CT molecular complexity index is 243. The Labute approximate surface area is 99.8 Å². The van der Waals surface area contributed by atoms with E-state index in [1.165, 1.54) is 0 Å². The minimum absolute atomic E-state index is 0.0583. The van der Waals surface area contributed by atoms with Crippen molar-refractivity contribution in [1.82, 2.24) is 4.90 Å². The van der Waals surface area contributed by atoms with Crippen molar-refractivity contribution in [2.24, 2.45) is 5.41 Å². The number of likely N-dealkylation sites (N-methyl/N-ethyl adjacent to an activating group) is 1. The summed E-state index contributed by atoms with van der Waals surface area (Å²) in [6.45, 7) is 10.5. The second-order valence-electron chi connectivity index (χ2n) is 6.67. The Morgan fingerprint density at radius 1 is 1.31 bits per heavy atom. The van der Waals surface area contributed by atoms with Crippen molar-refractivity contribution < 1.29 is 9.84 Å². The molecule has 0 amide bonds. The van der Waals surface area contributed by atoms with Crippen LogP contribution in [0.3, 0.4) is 0 Å². The number of aliphatic hydroxyl groups is 1. The summed E-state index contributed by atoms with van der Waals surface area (Å²) in [5, 5.41) is 10.6. The van der Waals surface area contributed by atoms with Crippen LogP contribution < -0.4 is 0 Å². The Kier molecular flexibility index (Phi) is 3.73. The molecule has 1 saturated heterocycles. The highest BCUT2D eigenvalue weighted by Gasteiger charge is 2.47. The molecule has 1 unspecified atom stereocenters. The van der Waals surface area contributed by atoms with Crippen LogP contribution in [-0.4, -0.2) is 48.0 Å². The van der Waals surface area contributed by atoms with Gasteiger partial charge >= 0.3 is 0 Å². The van der Waals surface area contributed by atoms with Crippen LogP contribution in [0.4, 0.5) is 0 Å². The summed E-state index contributed by atoms with van der Waals surface area (Å²) in [7, 11) is 3.99. The zero-order chi connectivity index (χ0) is 12.7. The van der Waals surface area contributed by atoms with E-state index in [0.29, 0.717) is 6.42 Å². The molecular weight excluding hydrogens is 202 g/mol. The Morgan fingerprint density at radius 3 is 2.12 bits per heavy atom. The van der Waals surface area contributed by atoms with E-state index in [2.05, 4.69) is 32.6 Å². The minimum Gasteiger partial charge on any atom is -0.388 e. The van der Waals surface area contributed by atoms with Gasteiger partial charge in [-0.3, -0.25) is 0 Å². The highest BCUT2D eigenvalue weighted by molar-refractivity contribution is 5.00. The molecule has 3 nitrogen and oxygen atoms in total. The van der Waals surface area contributed by atoms with Crippen LogP contribution in [0.1, 0.15) is 41.0 Å². The van der Waals surface area contributed by atoms with Crippen LogP contribution >= 0.6 is 0 Å². The molecule has 1 fully saturated rings. The van der Waals surface area contributed by atoms with Crippen molar-refractivity contribution in [2.45, 2.75) is 64.9 Å². The Morgan fingerprint density at radius 2 is 1.81 bits per heavy atom. The van der Waals surface area contributed by atoms with Gasteiger partial charge < -0.3 is 14.7 Å². The molecule has 4 atom stereocenters. The molecule has 0 aromatic carbocycles. The first-order valence-corrected chi connectivity index (χ1v) is 6.10. The van der Waals surface area contributed by atoms with Gasteiger partial charge in [0.05, 0.1) is 23.9 Å². The van der Waals surface area contributed by atoms with Crippen LogP contribution in [-0.2, 0) is 4.74 Å². The van der Waals surface area contributed by atoms with E-state index < -0.39 is 5.60 Å². The molecule has 0 saturated carbocycles. The van der Waals surface area contributed by atoms with E-state index in [9.17, 15) is 5.11 Å². The first-order valence-electron chi connectivity index (χ1n) is 6.10. The summed E-state index contributed by atoms with van der Waals surface area (Å²) in [5.74, 6) is 0. The molecular formula is C13H27NO2. The fourth-order valence-electron chi connectivity index (χ4n) is 2.87. The normalized spacial score (nSPS) is 41.4. The molecule has 96 valence electrons. The largest absolute Gasteiger partial charge is 0.388 e. The van der Waals surface area contributed by atoms with Gasteiger partial charge in [-0.05, 0) is 33.4 Å². The van der Waals surface area contributed by atoms with E-state index in [0.717, 1.165) is 0 Å². The zero-order valence-corrected chi connectivity index (χ0v) is 11.7. The van der Waals surface area contributed by atoms with Gasteiger partial charge in [-0.1, -0.05) is 20.8 Å². The second kappa shape index (κ2) is 4.28. The third kappa shape index (κ3) is 2.76. The predicted molar refractivity (Wildman–Crippen MR) is 66.5 cm³/mol. The van der Waals surface area contributed by atoms with Gasteiger partial charge in [0.2, 0.25) is 0 Å². The molecule has 1 aliphatic rings. The van der Waals surface area contributed by atoms with Gasteiger partial charge in [-0.25, -0.2) is 0 Å². The Balaban J connectivity index is 2.88. The van der Waals surface area contributed by atoms with Crippen LogP contribution in [0.5, 0.6) is 0 Å². The maximum Gasteiger partial charge on any atom is 0.0824 e. The molecule has 1 rings (SSSR count). The van der Waals surface area contributed by atoms with Crippen molar-refractivity contribution in [3.63, 3.8) is 0 Å². The molecule has 1 N–H and O–H groups in total. The van der Waals surface area contributed by atoms with E-state index in [1.54, 1.807) is 0 Å². The van der Waals surface area contributed by atoms with Crippen LogP contribution in [0.25, 0.3) is 0 Å². The van der Waals surface area contributed by atoms with Crippen molar-refractivity contribution in [3.8, 4) is 0 Å². The van der Waals surface area contributed by atoms with Gasteiger partial charge in [0, 0.05) is 6.42 Å². The molecule has 0 radical (unpaired) electrons.